The number of carbonyl (C=O) groups excluding carboxylic acids is 2. The van der Waals surface area contributed by atoms with Gasteiger partial charge in [-0.3, -0.25) is 9.59 Å². The number of aromatic amines is 1. The molecule has 0 aliphatic rings. The molecule has 1 aromatic heterocycles. The highest BCUT2D eigenvalue weighted by molar-refractivity contribution is 5.94. The summed E-state index contributed by atoms with van der Waals surface area (Å²) >= 11 is 0. The fraction of sp³-hybridized carbons (Fsp3) is 0.400. The highest BCUT2D eigenvalue weighted by atomic mass is 16.5. The average Bonchev–Trinajstić information content (AvgIpc) is 2.87. The molecule has 0 aliphatic carbocycles. The summed E-state index contributed by atoms with van der Waals surface area (Å²) in [5, 5.41) is 11.2. The number of carboxylic acids is 1. The van der Waals surface area contributed by atoms with Crippen molar-refractivity contribution in [2.24, 2.45) is 0 Å². The van der Waals surface area contributed by atoms with Gasteiger partial charge in [0, 0.05) is 6.42 Å². The van der Waals surface area contributed by atoms with Gasteiger partial charge in [-0.15, -0.1) is 0 Å². The van der Waals surface area contributed by atoms with Gasteiger partial charge in [0.05, 0.1) is 19.6 Å². The molecule has 0 saturated carbocycles. The molecule has 8 heteroatoms. The zero-order valence-electron chi connectivity index (χ0n) is 9.67. The minimum Gasteiger partial charge on any atom is -0.480 e. The molecule has 18 heavy (non-hydrogen) atoms. The largest absolute Gasteiger partial charge is 0.480 e. The van der Waals surface area contributed by atoms with Crippen LogP contribution < -0.4 is 5.32 Å². The second-order valence-corrected chi connectivity index (χ2v) is 3.44. The van der Waals surface area contributed by atoms with E-state index in [1.54, 1.807) is 0 Å². The van der Waals surface area contributed by atoms with E-state index in [9.17, 15) is 14.4 Å². The van der Waals surface area contributed by atoms with Crippen molar-refractivity contribution in [3.8, 4) is 0 Å². The van der Waals surface area contributed by atoms with E-state index in [0.29, 0.717) is 0 Å². The van der Waals surface area contributed by atoms with Crippen molar-refractivity contribution in [2.75, 3.05) is 7.11 Å². The zero-order chi connectivity index (χ0) is 13.5. The highest BCUT2D eigenvalue weighted by Crippen LogP contribution is 2.01. The Balaban J connectivity index is 2.55. The summed E-state index contributed by atoms with van der Waals surface area (Å²) in [6.07, 6.45) is 2.45. The van der Waals surface area contributed by atoms with Crippen LogP contribution >= 0.6 is 0 Å². The standard InChI is InChI=1S/C10H13N3O5/c1-18-8(14)3-2-6(10(16)17)13-9(15)7-4-11-5-12-7/h4-6H,2-3H2,1H3,(H,11,12)(H,13,15)(H,16,17). The fourth-order valence-electron chi connectivity index (χ4n) is 1.24. The lowest BCUT2D eigenvalue weighted by atomic mass is 10.1. The Morgan fingerprint density at radius 2 is 2.28 bits per heavy atom. The first-order valence-corrected chi connectivity index (χ1v) is 5.13. The normalized spacial score (nSPS) is 11.6. The van der Waals surface area contributed by atoms with E-state index < -0.39 is 23.9 Å². The van der Waals surface area contributed by atoms with E-state index in [1.165, 1.54) is 19.6 Å². The molecule has 1 amide bonds. The molecule has 1 heterocycles. The van der Waals surface area contributed by atoms with Crippen molar-refractivity contribution < 1.29 is 24.2 Å². The Labute approximate surface area is 102 Å². The number of methoxy groups -OCH3 is 1. The number of aromatic nitrogens is 2. The van der Waals surface area contributed by atoms with Crippen LogP contribution in [0.25, 0.3) is 0 Å². The van der Waals surface area contributed by atoms with E-state index in [0.717, 1.165) is 0 Å². The minimum absolute atomic E-state index is 0.0398. The van der Waals surface area contributed by atoms with Gasteiger partial charge < -0.3 is 20.1 Å². The number of imidazole rings is 1. The molecule has 3 N–H and O–H groups in total. The van der Waals surface area contributed by atoms with Gasteiger partial charge in [0.25, 0.3) is 5.91 Å². The van der Waals surface area contributed by atoms with Crippen LogP contribution in [-0.4, -0.2) is 46.1 Å². The SMILES string of the molecule is COC(=O)CCC(NC(=O)c1cnc[nH]1)C(=O)O. The molecule has 0 fully saturated rings. The Bertz CT molecular complexity index is 429. The van der Waals surface area contributed by atoms with Gasteiger partial charge >= 0.3 is 11.9 Å². The summed E-state index contributed by atoms with van der Waals surface area (Å²) in [4.78, 5) is 39.6. The molecule has 0 radical (unpaired) electrons. The van der Waals surface area contributed by atoms with E-state index in [-0.39, 0.29) is 18.5 Å². The molecule has 1 rings (SSSR count). The predicted molar refractivity (Wildman–Crippen MR) is 58.7 cm³/mol. The number of nitrogens with one attached hydrogen (secondary N) is 2. The average molecular weight is 255 g/mol. The van der Waals surface area contributed by atoms with E-state index in [4.69, 9.17) is 5.11 Å². The number of H-pyrrole nitrogens is 1. The number of rotatable bonds is 6. The van der Waals surface area contributed by atoms with E-state index in [1.807, 2.05) is 0 Å². The van der Waals surface area contributed by atoms with Crippen LogP contribution in [0.4, 0.5) is 0 Å². The first-order chi connectivity index (χ1) is 8.54. The third-order valence-electron chi connectivity index (χ3n) is 2.21. The predicted octanol–water partition coefficient (Wildman–Crippen LogP) is -0.454. The molecule has 1 aromatic rings. The second-order valence-electron chi connectivity index (χ2n) is 3.44. The van der Waals surface area contributed by atoms with Gasteiger partial charge in [0.2, 0.25) is 0 Å². The Morgan fingerprint density at radius 3 is 2.78 bits per heavy atom. The molecule has 0 bridgehead atoms. The number of hydrogen-bond acceptors (Lipinski definition) is 5. The van der Waals surface area contributed by atoms with Gasteiger partial charge in [0.15, 0.2) is 0 Å². The van der Waals surface area contributed by atoms with Crippen molar-refractivity contribution >= 4 is 17.8 Å². The minimum atomic E-state index is -1.22. The van der Waals surface area contributed by atoms with Crippen LogP contribution in [0.15, 0.2) is 12.5 Å². The third-order valence-corrected chi connectivity index (χ3v) is 2.21. The summed E-state index contributed by atoms with van der Waals surface area (Å²) in [5.41, 5.74) is 0.152. The Kier molecular flexibility index (Phi) is 4.85. The lowest BCUT2D eigenvalue weighted by molar-refractivity contribution is -0.142. The number of carboxylic acid groups (broad SMARTS) is 1. The van der Waals surface area contributed by atoms with Gasteiger partial charge in [-0.2, -0.15) is 0 Å². The summed E-state index contributed by atoms with van der Waals surface area (Å²) < 4.78 is 4.40. The molecule has 0 spiro atoms. The van der Waals surface area contributed by atoms with E-state index >= 15 is 0 Å². The highest BCUT2D eigenvalue weighted by Gasteiger charge is 2.22. The number of nitrogens with zero attached hydrogens (tertiary/aromatic N) is 1. The number of hydrogen-bond donors (Lipinski definition) is 3. The van der Waals surface area contributed by atoms with Crippen LogP contribution in [0.1, 0.15) is 23.3 Å². The monoisotopic (exact) mass is 255 g/mol. The number of carbonyl (C=O) groups is 3. The maximum atomic E-state index is 11.6. The maximum Gasteiger partial charge on any atom is 0.326 e. The van der Waals surface area contributed by atoms with Gasteiger partial charge in [0.1, 0.15) is 11.7 Å². The molecule has 1 unspecified atom stereocenters. The lowest BCUT2D eigenvalue weighted by Gasteiger charge is -2.12. The van der Waals surface area contributed by atoms with Crippen LogP contribution in [0.5, 0.6) is 0 Å². The number of aliphatic carboxylic acids is 1. The molecule has 98 valence electrons. The molecule has 0 aromatic carbocycles. The number of esters is 1. The van der Waals surface area contributed by atoms with Crippen molar-refractivity contribution in [1.82, 2.24) is 15.3 Å². The van der Waals surface area contributed by atoms with Crippen LogP contribution in [0.2, 0.25) is 0 Å². The first kappa shape index (κ1) is 13.7. The summed E-state index contributed by atoms with van der Waals surface area (Å²) in [5.74, 6) is -2.34. The molecule has 0 aliphatic heterocycles. The van der Waals surface area contributed by atoms with Crippen LogP contribution in [-0.2, 0) is 14.3 Å². The van der Waals surface area contributed by atoms with Crippen LogP contribution in [0.3, 0.4) is 0 Å². The van der Waals surface area contributed by atoms with Gasteiger partial charge in [-0.25, -0.2) is 9.78 Å². The molecular formula is C10H13N3O5. The zero-order valence-corrected chi connectivity index (χ0v) is 9.67. The lowest BCUT2D eigenvalue weighted by Crippen LogP contribution is -2.41. The van der Waals surface area contributed by atoms with Crippen molar-refractivity contribution in [3.63, 3.8) is 0 Å². The summed E-state index contributed by atoms with van der Waals surface area (Å²) in [6.45, 7) is 0. The molecular weight excluding hydrogens is 242 g/mol. The van der Waals surface area contributed by atoms with Gasteiger partial charge in [-0.05, 0) is 6.42 Å². The Hall–Kier alpha value is -2.38. The second kappa shape index (κ2) is 6.38. The van der Waals surface area contributed by atoms with Gasteiger partial charge in [-0.1, -0.05) is 0 Å². The molecule has 0 saturated heterocycles. The number of amides is 1. The van der Waals surface area contributed by atoms with Crippen molar-refractivity contribution in [3.05, 3.63) is 18.2 Å². The topological polar surface area (TPSA) is 121 Å². The molecule has 8 nitrogen and oxygen atoms in total. The van der Waals surface area contributed by atoms with Crippen LogP contribution in [0, 0.1) is 0 Å². The van der Waals surface area contributed by atoms with Crippen molar-refractivity contribution in [1.29, 1.82) is 0 Å². The quantitative estimate of drug-likeness (QED) is 0.592. The third kappa shape index (κ3) is 3.89. The van der Waals surface area contributed by atoms with E-state index in [2.05, 4.69) is 20.0 Å². The molecule has 1 atom stereocenters. The number of ether oxygens (including phenoxy) is 1. The van der Waals surface area contributed by atoms with Crippen molar-refractivity contribution in [2.45, 2.75) is 18.9 Å². The Morgan fingerprint density at radius 1 is 1.56 bits per heavy atom. The first-order valence-electron chi connectivity index (χ1n) is 5.13. The fourth-order valence-corrected chi connectivity index (χ4v) is 1.24. The summed E-state index contributed by atoms with van der Waals surface area (Å²) in [7, 11) is 1.21. The summed E-state index contributed by atoms with van der Waals surface area (Å²) in [6, 6.07) is -1.15. The smallest absolute Gasteiger partial charge is 0.326 e. The maximum absolute atomic E-state index is 11.6.